The number of nitrogens with one attached hydrogen (secondary N) is 2. The highest BCUT2D eigenvalue weighted by Crippen LogP contribution is 2.52. The third-order valence-electron chi connectivity index (χ3n) is 8.21. The van der Waals surface area contributed by atoms with Crippen molar-refractivity contribution >= 4 is 23.9 Å². The summed E-state index contributed by atoms with van der Waals surface area (Å²) in [5, 5.41) is 15.9. The lowest BCUT2D eigenvalue weighted by molar-refractivity contribution is -0.148. The quantitative estimate of drug-likeness (QED) is 0.456. The Morgan fingerprint density at radius 1 is 1.11 bits per heavy atom. The molecule has 0 aromatic rings. The predicted octanol–water partition coefficient (Wildman–Crippen LogP) is 1.35. The first-order valence-electron chi connectivity index (χ1n) is 12.8. The van der Waals surface area contributed by atoms with E-state index >= 15 is 0 Å². The maximum Gasteiger partial charge on any atom is 0.408 e. The minimum Gasteiger partial charge on any atom is -0.467 e. The first kappa shape index (κ1) is 25.7. The van der Waals surface area contributed by atoms with E-state index in [1.165, 1.54) is 18.4 Å². The van der Waals surface area contributed by atoms with Crippen molar-refractivity contribution in [2.75, 3.05) is 13.7 Å². The van der Waals surface area contributed by atoms with Crippen LogP contribution in [-0.4, -0.2) is 77.4 Å². The summed E-state index contributed by atoms with van der Waals surface area (Å²) < 4.78 is 10.5. The first-order valence-corrected chi connectivity index (χ1v) is 12.8. The number of carbonyl (C=O) groups is 4. The van der Waals surface area contributed by atoms with Gasteiger partial charge in [0.05, 0.1) is 13.2 Å². The average molecular weight is 494 g/mol. The molecule has 3 aliphatic carbocycles. The number of likely N-dealkylation sites (tertiary alicyclic amines) is 1. The Morgan fingerprint density at radius 2 is 1.77 bits per heavy atom. The summed E-state index contributed by atoms with van der Waals surface area (Å²) in [4.78, 5) is 53.3. The van der Waals surface area contributed by atoms with E-state index in [9.17, 15) is 24.3 Å². The zero-order chi connectivity index (χ0) is 25.7. The van der Waals surface area contributed by atoms with Gasteiger partial charge in [-0.3, -0.25) is 9.59 Å². The molecule has 0 spiro atoms. The number of alkyl carbamates (subject to hydrolysis) is 1. The summed E-state index contributed by atoms with van der Waals surface area (Å²) in [6.45, 7) is 7.37. The molecule has 0 bridgehead atoms. The van der Waals surface area contributed by atoms with Crippen LogP contribution in [0.5, 0.6) is 0 Å². The molecule has 35 heavy (non-hydrogen) atoms. The highest BCUT2D eigenvalue weighted by Gasteiger charge is 2.62. The number of nitrogens with zero attached hydrogens (tertiary/aromatic N) is 1. The molecule has 3 saturated carbocycles. The Morgan fingerprint density at radius 3 is 2.31 bits per heavy atom. The van der Waals surface area contributed by atoms with Crippen LogP contribution in [0.1, 0.15) is 66.2 Å². The number of amides is 3. The van der Waals surface area contributed by atoms with Crippen LogP contribution in [-0.2, 0) is 23.9 Å². The van der Waals surface area contributed by atoms with E-state index in [0.717, 1.165) is 12.8 Å². The van der Waals surface area contributed by atoms with E-state index in [-0.39, 0.29) is 25.0 Å². The molecular formula is C25H39N3O7. The van der Waals surface area contributed by atoms with E-state index in [1.54, 1.807) is 0 Å². The van der Waals surface area contributed by atoms with Crippen LogP contribution >= 0.6 is 0 Å². The highest BCUT2D eigenvalue weighted by molar-refractivity contribution is 5.96. The Balaban J connectivity index is 1.44. The molecule has 4 rings (SSSR count). The van der Waals surface area contributed by atoms with E-state index in [0.29, 0.717) is 24.7 Å². The van der Waals surface area contributed by atoms with Crippen molar-refractivity contribution in [2.45, 2.75) is 96.1 Å². The van der Waals surface area contributed by atoms with Crippen LogP contribution in [0.3, 0.4) is 0 Å². The summed E-state index contributed by atoms with van der Waals surface area (Å²) >= 11 is 0. The molecule has 0 aromatic heterocycles. The minimum absolute atomic E-state index is 0.0326. The number of rotatable bonds is 7. The number of ether oxygens (including phenoxy) is 2. The van der Waals surface area contributed by atoms with E-state index < -0.39 is 53.0 Å². The summed E-state index contributed by atoms with van der Waals surface area (Å²) in [5.41, 5.74) is -1.75. The van der Waals surface area contributed by atoms with Gasteiger partial charge in [0.2, 0.25) is 11.8 Å². The molecule has 10 heteroatoms. The standard InChI is InChI=1S/C25H39N3O7/c1-6-15-11-25(15,22(32)34-5)27-20(30)18-10-16(29)12-28(18)21(31)19(24(2,3)4)26-23(33)35-17-8-13-7-14(13)9-17/h13-19,29H,6-12H2,1-5H3,(H,26,33)(H,27,30)/t13-,14+,15-,16-,17+,18+,19-,25?/m1/s1. The number of methoxy groups -OCH3 is 1. The second kappa shape index (κ2) is 9.26. The molecular weight excluding hydrogens is 454 g/mol. The zero-order valence-electron chi connectivity index (χ0n) is 21.3. The molecule has 1 aliphatic heterocycles. The van der Waals surface area contributed by atoms with Gasteiger partial charge in [-0.15, -0.1) is 0 Å². The summed E-state index contributed by atoms with van der Waals surface area (Å²) in [7, 11) is 1.28. The van der Waals surface area contributed by atoms with Crippen molar-refractivity contribution in [2.24, 2.45) is 23.2 Å². The number of carbonyl (C=O) groups excluding carboxylic acids is 4. The maximum absolute atomic E-state index is 13.6. The number of aliphatic hydroxyl groups excluding tert-OH is 1. The zero-order valence-corrected chi connectivity index (χ0v) is 21.3. The molecule has 0 aromatic carbocycles. The van der Waals surface area contributed by atoms with Crippen LogP contribution in [0, 0.1) is 23.2 Å². The maximum atomic E-state index is 13.6. The number of fused-ring (bicyclic) bond motifs is 1. The van der Waals surface area contributed by atoms with Gasteiger partial charge >= 0.3 is 12.1 Å². The van der Waals surface area contributed by atoms with Crippen molar-refractivity contribution < 1.29 is 33.8 Å². The number of hydrogen-bond donors (Lipinski definition) is 3. The number of esters is 1. The molecule has 4 fully saturated rings. The van der Waals surface area contributed by atoms with Gasteiger partial charge in [0.1, 0.15) is 23.7 Å². The average Bonchev–Trinajstić information content (AvgIpc) is 3.60. The van der Waals surface area contributed by atoms with Crippen molar-refractivity contribution in [1.29, 1.82) is 0 Å². The van der Waals surface area contributed by atoms with Gasteiger partial charge in [-0.25, -0.2) is 9.59 Å². The van der Waals surface area contributed by atoms with Crippen LogP contribution in [0.25, 0.3) is 0 Å². The second-order valence-corrected chi connectivity index (χ2v) is 11.9. The van der Waals surface area contributed by atoms with Gasteiger partial charge in [-0.05, 0) is 48.9 Å². The van der Waals surface area contributed by atoms with E-state index in [2.05, 4.69) is 10.6 Å². The first-order chi connectivity index (χ1) is 16.4. The van der Waals surface area contributed by atoms with Gasteiger partial charge in [0, 0.05) is 13.0 Å². The topological polar surface area (TPSA) is 134 Å². The molecule has 1 saturated heterocycles. The monoisotopic (exact) mass is 493 g/mol. The Hall–Kier alpha value is -2.36. The molecule has 196 valence electrons. The van der Waals surface area contributed by atoms with Gasteiger partial charge in [0.25, 0.3) is 0 Å². The van der Waals surface area contributed by atoms with Crippen molar-refractivity contribution in [3.05, 3.63) is 0 Å². The van der Waals surface area contributed by atoms with Gasteiger partial charge in [-0.2, -0.15) is 0 Å². The smallest absolute Gasteiger partial charge is 0.408 e. The Labute approximate surface area is 206 Å². The minimum atomic E-state index is -1.09. The van der Waals surface area contributed by atoms with Crippen LogP contribution in [0.15, 0.2) is 0 Å². The lowest BCUT2D eigenvalue weighted by atomic mass is 9.85. The van der Waals surface area contributed by atoms with Crippen molar-refractivity contribution in [3.8, 4) is 0 Å². The van der Waals surface area contributed by atoms with Crippen molar-refractivity contribution in [1.82, 2.24) is 15.5 Å². The molecule has 10 nitrogen and oxygen atoms in total. The SMILES string of the molecule is CC[C@@H]1CC1(NC(=O)[C@@H]1C[C@@H](O)CN1C(=O)[C@@H](NC(=O)O[C@@H]1C[C@@H]2C[C@@H]2C1)C(C)(C)C)C(=O)OC. The molecule has 3 N–H and O–H groups in total. The molecule has 1 heterocycles. The van der Waals surface area contributed by atoms with Gasteiger partial charge < -0.3 is 30.1 Å². The summed E-state index contributed by atoms with van der Waals surface area (Å²) in [6, 6.07) is -1.91. The normalized spacial score (nSPS) is 36.1. The predicted molar refractivity (Wildman–Crippen MR) is 125 cm³/mol. The second-order valence-electron chi connectivity index (χ2n) is 11.9. The molecule has 1 unspecified atom stereocenters. The third kappa shape index (κ3) is 5.13. The fourth-order valence-corrected chi connectivity index (χ4v) is 5.94. The molecule has 8 atom stereocenters. The number of aliphatic hydroxyl groups is 1. The third-order valence-corrected chi connectivity index (χ3v) is 8.21. The van der Waals surface area contributed by atoms with Crippen LogP contribution < -0.4 is 10.6 Å². The van der Waals surface area contributed by atoms with Gasteiger partial charge in [0.15, 0.2) is 0 Å². The number of hydrogen-bond acceptors (Lipinski definition) is 7. The molecule has 4 aliphatic rings. The van der Waals surface area contributed by atoms with E-state index in [1.807, 2.05) is 27.7 Å². The largest absolute Gasteiger partial charge is 0.467 e. The fourth-order valence-electron chi connectivity index (χ4n) is 5.94. The van der Waals surface area contributed by atoms with Crippen LogP contribution in [0.4, 0.5) is 4.79 Å². The van der Waals surface area contributed by atoms with Crippen molar-refractivity contribution in [3.63, 3.8) is 0 Å². The summed E-state index contributed by atoms with van der Waals surface area (Å²) in [6.07, 6.45) is 2.53. The number of β-amino-alcohol motifs (C(OH)–C–C–N with tert-alkyl or cyclic N) is 1. The van der Waals surface area contributed by atoms with Gasteiger partial charge in [-0.1, -0.05) is 34.1 Å². The highest BCUT2D eigenvalue weighted by atomic mass is 16.6. The molecule has 0 radical (unpaired) electrons. The Bertz CT molecular complexity index is 877. The molecule has 3 amide bonds. The lowest BCUT2D eigenvalue weighted by Crippen LogP contribution is -2.59. The van der Waals surface area contributed by atoms with Crippen LogP contribution in [0.2, 0.25) is 0 Å². The Kier molecular flexibility index (Phi) is 6.81. The summed E-state index contributed by atoms with van der Waals surface area (Å²) in [5.74, 6) is -0.187. The fraction of sp³-hybridized carbons (Fsp3) is 0.840. The lowest BCUT2D eigenvalue weighted by Gasteiger charge is -2.35. The van der Waals surface area contributed by atoms with E-state index in [4.69, 9.17) is 9.47 Å².